The minimum atomic E-state index is -0.801. The SMILES string of the molecule is CCC(O)(CC)CNC(=O)CCc1ccc(C#N)cc1. The fourth-order valence-corrected chi connectivity index (χ4v) is 1.86. The smallest absolute Gasteiger partial charge is 0.220 e. The first kappa shape index (κ1) is 16.2. The van der Waals surface area contributed by atoms with Crippen molar-refractivity contribution in [3.63, 3.8) is 0 Å². The highest BCUT2D eigenvalue weighted by molar-refractivity contribution is 5.76. The third-order valence-electron chi connectivity index (χ3n) is 3.65. The summed E-state index contributed by atoms with van der Waals surface area (Å²) >= 11 is 0. The number of hydrogen-bond acceptors (Lipinski definition) is 3. The highest BCUT2D eigenvalue weighted by atomic mass is 16.3. The van der Waals surface area contributed by atoms with Crippen LogP contribution in [0.4, 0.5) is 0 Å². The molecule has 2 N–H and O–H groups in total. The van der Waals surface area contributed by atoms with Crippen LogP contribution in [0.15, 0.2) is 24.3 Å². The van der Waals surface area contributed by atoms with Crippen molar-refractivity contribution in [1.29, 1.82) is 5.26 Å². The molecule has 0 heterocycles. The number of nitrogens with one attached hydrogen (secondary N) is 1. The van der Waals surface area contributed by atoms with Crippen LogP contribution in [0.3, 0.4) is 0 Å². The molecule has 1 aromatic carbocycles. The topological polar surface area (TPSA) is 73.1 Å². The van der Waals surface area contributed by atoms with Gasteiger partial charge < -0.3 is 10.4 Å². The van der Waals surface area contributed by atoms with Gasteiger partial charge in [-0.05, 0) is 37.0 Å². The lowest BCUT2D eigenvalue weighted by Gasteiger charge is -2.25. The van der Waals surface area contributed by atoms with E-state index < -0.39 is 5.60 Å². The van der Waals surface area contributed by atoms with Crippen LogP contribution in [-0.2, 0) is 11.2 Å². The van der Waals surface area contributed by atoms with Crippen molar-refractivity contribution in [1.82, 2.24) is 5.32 Å². The lowest BCUT2D eigenvalue weighted by atomic mass is 9.97. The van der Waals surface area contributed by atoms with Gasteiger partial charge in [0.15, 0.2) is 0 Å². The maximum atomic E-state index is 11.7. The van der Waals surface area contributed by atoms with Crippen LogP contribution >= 0.6 is 0 Å². The highest BCUT2D eigenvalue weighted by Gasteiger charge is 2.22. The number of nitriles is 1. The molecular weight excluding hydrogens is 252 g/mol. The van der Waals surface area contributed by atoms with Gasteiger partial charge in [-0.1, -0.05) is 26.0 Å². The summed E-state index contributed by atoms with van der Waals surface area (Å²) in [5.41, 5.74) is 0.846. The van der Waals surface area contributed by atoms with Gasteiger partial charge in [0, 0.05) is 13.0 Å². The number of amides is 1. The molecule has 0 radical (unpaired) electrons. The van der Waals surface area contributed by atoms with Crippen molar-refractivity contribution < 1.29 is 9.90 Å². The number of carbonyl (C=O) groups is 1. The van der Waals surface area contributed by atoms with E-state index >= 15 is 0 Å². The van der Waals surface area contributed by atoms with Gasteiger partial charge in [0.05, 0.1) is 17.2 Å². The van der Waals surface area contributed by atoms with Crippen LogP contribution in [0.25, 0.3) is 0 Å². The fourth-order valence-electron chi connectivity index (χ4n) is 1.86. The van der Waals surface area contributed by atoms with Gasteiger partial charge >= 0.3 is 0 Å². The molecule has 0 saturated heterocycles. The zero-order valence-electron chi connectivity index (χ0n) is 12.1. The van der Waals surface area contributed by atoms with E-state index in [1.54, 1.807) is 12.1 Å². The Morgan fingerprint density at radius 3 is 2.40 bits per heavy atom. The van der Waals surface area contributed by atoms with Crippen LogP contribution in [0.2, 0.25) is 0 Å². The Balaban J connectivity index is 2.38. The molecule has 1 rings (SSSR count). The molecule has 4 heteroatoms. The Bertz CT molecular complexity index is 470. The van der Waals surface area contributed by atoms with Crippen LogP contribution in [0.1, 0.15) is 44.2 Å². The second-order valence-corrected chi connectivity index (χ2v) is 5.02. The lowest BCUT2D eigenvalue weighted by Crippen LogP contribution is -2.42. The predicted octanol–water partition coefficient (Wildman–Crippen LogP) is 2.16. The number of aryl methyl sites for hydroxylation is 1. The molecule has 1 aromatic rings. The van der Waals surface area contributed by atoms with Crippen LogP contribution in [0.5, 0.6) is 0 Å². The van der Waals surface area contributed by atoms with Gasteiger partial charge in [0.2, 0.25) is 5.91 Å². The monoisotopic (exact) mass is 274 g/mol. The average molecular weight is 274 g/mol. The first-order valence-corrected chi connectivity index (χ1v) is 7.01. The van der Waals surface area contributed by atoms with Crippen molar-refractivity contribution in [3.8, 4) is 6.07 Å². The van der Waals surface area contributed by atoms with Crippen LogP contribution in [-0.4, -0.2) is 23.2 Å². The third kappa shape index (κ3) is 5.02. The van der Waals surface area contributed by atoms with Gasteiger partial charge in [-0.3, -0.25) is 4.79 Å². The van der Waals surface area contributed by atoms with E-state index in [4.69, 9.17) is 5.26 Å². The summed E-state index contributed by atoms with van der Waals surface area (Å²) < 4.78 is 0. The van der Waals surface area contributed by atoms with E-state index in [1.807, 2.05) is 26.0 Å². The Labute approximate surface area is 120 Å². The number of hydrogen-bond donors (Lipinski definition) is 2. The zero-order valence-corrected chi connectivity index (χ0v) is 12.1. The van der Waals surface area contributed by atoms with Crippen molar-refractivity contribution in [2.24, 2.45) is 0 Å². The Morgan fingerprint density at radius 1 is 1.30 bits per heavy atom. The third-order valence-corrected chi connectivity index (χ3v) is 3.65. The summed E-state index contributed by atoms with van der Waals surface area (Å²) in [6.07, 6.45) is 2.27. The van der Waals surface area contributed by atoms with Gasteiger partial charge in [0.25, 0.3) is 0 Å². The summed E-state index contributed by atoms with van der Waals surface area (Å²) in [4.78, 5) is 11.7. The first-order valence-electron chi connectivity index (χ1n) is 7.01. The van der Waals surface area contributed by atoms with Crippen molar-refractivity contribution >= 4 is 5.91 Å². The van der Waals surface area contributed by atoms with Crippen molar-refractivity contribution in [2.75, 3.05) is 6.54 Å². The number of rotatable bonds is 7. The largest absolute Gasteiger partial charge is 0.388 e. The van der Waals surface area contributed by atoms with E-state index in [0.29, 0.717) is 37.8 Å². The molecule has 4 nitrogen and oxygen atoms in total. The maximum absolute atomic E-state index is 11.7. The van der Waals surface area contributed by atoms with Crippen LogP contribution in [0, 0.1) is 11.3 Å². The van der Waals surface area contributed by atoms with Crippen molar-refractivity contribution in [2.45, 2.75) is 45.1 Å². The van der Waals surface area contributed by atoms with Gasteiger partial charge in [-0.25, -0.2) is 0 Å². The molecule has 0 saturated carbocycles. The summed E-state index contributed by atoms with van der Waals surface area (Å²) in [5, 5.41) is 21.6. The summed E-state index contributed by atoms with van der Waals surface area (Å²) in [6, 6.07) is 9.28. The standard InChI is InChI=1S/C16H22N2O2/c1-3-16(20,4-2)12-18-15(19)10-9-13-5-7-14(11-17)8-6-13/h5-8,20H,3-4,9-10,12H2,1-2H3,(H,18,19). The second kappa shape index (κ2) is 7.66. The molecule has 0 fully saturated rings. The molecule has 0 bridgehead atoms. The molecule has 0 atom stereocenters. The molecule has 0 spiro atoms. The molecule has 0 aliphatic heterocycles. The molecule has 0 unspecified atom stereocenters. The quantitative estimate of drug-likeness (QED) is 0.800. The summed E-state index contributed by atoms with van der Waals surface area (Å²) in [6.45, 7) is 4.12. The number of nitrogens with zero attached hydrogens (tertiary/aromatic N) is 1. The van der Waals surface area contributed by atoms with E-state index in [-0.39, 0.29) is 5.91 Å². The molecular formula is C16H22N2O2. The van der Waals surface area contributed by atoms with Gasteiger partial charge in [0.1, 0.15) is 0 Å². The van der Waals surface area contributed by atoms with E-state index in [9.17, 15) is 9.90 Å². The number of benzene rings is 1. The fraction of sp³-hybridized carbons (Fsp3) is 0.500. The van der Waals surface area contributed by atoms with E-state index in [2.05, 4.69) is 11.4 Å². The lowest BCUT2D eigenvalue weighted by molar-refractivity contribution is -0.122. The van der Waals surface area contributed by atoms with E-state index in [0.717, 1.165) is 5.56 Å². The van der Waals surface area contributed by atoms with Crippen molar-refractivity contribution in [3.05, 3.63) is 35.4 Å². The molecule has 1 amide bonds. The zero-order chi connectivity index (χ0) is 15.0. The average Bonchev–Trinajstić information content (AvgIpc) is 2.51. The predicted molar refractivity (Wildman–Crippen MR) is 78.0 cm³/mol. The maximum Gasteiger partial charge on any atom is 0.220 e. The number of carbonyl (C=O) groups excluding carboxylic acids is 1. The first-order chi connectivity index (χ1) is 9.53. The van der Waals surface area contributed by atoms with E-state index in [1.165, 1.54) is 0 Å². The molecule has 0 aliphatic rings. The van der Waals surface area contributed by atoms with Gasteiger partial charge in [-0.15, -0.1) is 0 Å². The minimum Gasteiger partial charge on any atom is -0.388 e. The molecule has 0 aliphatic carbocycles. The number of aliphatic hydroxyl groups is 1. The van der Waals surface area contributed by atoms with Gasteiger partial charge in [-0.2, -0.15) is 5.26 Å². The Hall–Kier alpha value is -1.86. The molecule has 0 aromatic heterocycles. The normalized spacial score (nSPS) is 10.9. The summed E-state index contributed by atoms with van der Waals surface area (Å²) in [7, 11) is 0. The molecule has 20 heavy (non-hydrogen) atoms. The minimum absolute atomic E-state index is 0.0605. The second-order valence-electron chi connectivity index (χ2n) is 5.02. The van der Waals surface area contributed by atoms with Crippen LogP contribution < -0.4 is 5.32 Å². The summed E-state index contributed by atoms with van der Waals surface area (Å²) in [5.74, 6) is -0.0605. The highest BCUT2D eigenvalue weighted by Crippen LogP contribution is 2.13. The molecule has 108 valence electrons. The Kier molecular flexibility index (Phi) is 6.20. The Morgan fingerprint density at radius 2 is 1.90 bits per heavy atom.